The minimum Gasteiger partial charge on any atom is -0.351 e. The zero-order chi connectivity index (χ0) is 18.6. The van der Waals surface area contributed by atoms with E-state index < -0.39 is 0 Å². The molecule has 1 amide bonds. The number of carbonyl (C=O) groups is 1. The number of rotatable bonds is 6. The van der Waals surface area contributed by atoms with Crippen molar-refractivity contribution in [1.82, 2.24) is 10.3 Å². The van der Waals surface area contributed by atoms with Crippen LogP contribution < -0.4 is 10.2 Å². The Morgan fingerprint density at radius 1 is 1.26 bits per heavy atom. The molecular formula is C21H26N3OS2+. The Morgan fingerprint density at radius 2 is 2.07 bits per heavy atom. The third kappa shape index (κ3) is 4.39. The van der Waals surface area contributed by atoms with Gasteiger partial charge < -0.3 is 10.2 Å². The predicted octanol–water partition coefficient (Wildman–Crippen LogP) is 2.87. The summed E-state index contributed by atoms with van der Waals surface area (Å²) >= 11 is 3.58. The first-order valence-corrected chi connectivity index (χ1v) is 11.4. The molecule has 1 aliphatic heterocycles. The molecule has 4 nitrogen and oxygen atoms in total. The fourth-order valence-corrected chi connectivity index (χ4v) is 5.68. The minimum absolute atomic E-state index is 0.0182. The number of fused-ring (bicyclic) bond motifs is 1. The van der Waals surface area contributed by atoms with Gasteiger partial charge in [-0.2, -0.15) is 0 Å². The topological polar surface area (TPSA) is 46.4 Å². The Morgan fingerprint density at radius 3 is 2.81 bits per heavy atom. The highest BCUT2D eigenvalue weighted by Crippen LogP contribution is 2.31. The summed E-state index contributed by atoms with van der Waals surface area (Å²) in [6.07, 6.45) is 3.15. The normalized spacial score (nSPS) is 21.2. The van der Waals surface area contributed by atoms with E-state index in [1.165, 1.54) is 19.5 Å². The average molecular weight is 401 g/mol. The molecule has 0 spiro atoms. The van der Waals surface area contributed by atoms with Crippen LogP contribution in [0.5, 0.6) is 0 Å². The number of nitrogens with zero attached hydrogens (tertiary/aromatic N) is 1. The van der Waals surface area contributed by atoms with Gasteiger partial charge in [0, 0.05) is 30.2 Å². The molecule has 1 aliphatic rings. The van der Waals surface area contributed by atoms with Gasteiger partial charge >= 0.3 is 0 Å². The fourth-order valence-electron chi connectivity index (χ4n) is 3.84. The zero-order valence-electron chi connectivity index (χ0n) is 15.6. The van der Waals surface area contributed by atoms with Crippen molar-refractivity contribution in [2.24, 2.45) is 0 Å². The van der Waals surface area contributed by atoms with Crippen LogP contribution in [0.3, 0.4) is 0 Å². The van der Waals surface area contributed by atoms with Crippen LogP contribution in [-0.2, 0) is 11.2 Å². The molecule has 0 radical (unpaired) electrons. The number of benzene rings is 1. The zero-order valence-corrected chi connectivity index (χ0v) is 17.2. The summed E-state index contributed by atoms with van der Waals surface area (Å²) < 4.78 is 1.28. The molecule has 2 aromatic heterocycles. The number of thiazole rings is 1. The molecule has 3 heterocycles. The number of amides is 1. The third-order valence-electron chi connectivity index (χ3n) is 5.54. The van der Waals surface area contributed by atoms with Crippen molar-refractivity contribution in [1.29, 1.82) is 0 Å². The number of piperidine rings is 1. The number of likely N-dealkylation sites (tertiary alicyclic amines) is 1. The number of carbonyl (C=O) groups excluding carboxylic acids is 1. The summed E-state index contributed by atoms with van der Waals surface area (Å²) in [5.74, 6) is 0.722. The van der Waals surface area contributed by atoms with Gasteiger partial charge in [-0.15, -0.1) is 22.7 Å². The molecular weight excluding hydrogens is 374 g/mol. The van der Waals surface area contributed by atoms with Crippen molar-refractivity contribution in [2.45, 2.75) is 38.1 Å². The van der Waals surface area contributed by atoms with E-state index in [9.17, 15) is 4.79 Å². The molecule has 1 saturated heterocycles. The van der Waals surface area contributed by atoms with Gasteiger partial charge in [-0.3, -0.25) is 4.79 Å². The number of para-hydroxylation sites is 1. The van der Waals surface area contributed by atoms with Crippen molar-refractivity contribution in [2.75, 3.05) is 19.6 Å². The fraction of sp³-hybridized carbons (Fsp3) is 0.429. The summed E-state index contributed by atoms with van der Waals surface area (Å²) in [6.45, 7) is 4.87. The lowest BCUT2D eigenvalue weighted by molar-refractivity contribution is -0.919. The van der Waals surface area contributed by atoms with Crippen LogP contribution in [0.15, 0.2) is 41.8 Å². The van der Waals surface area contributed by atoms with Gasteiger partial charge in [0.05, 0.1) is 28.3 Å². The Balaban J connectivity index is 1.27. The van der Waals surface area contributed by atoms with E-state index in [-0.39, 0.29) is 11.9 Å². The molecule has 1 fully saturated rings. The highest BCUT2D eigenvalue weighted by Gasteiger charge is 2.31. The van der Waals surface area contributed by atoms with E-state index in [0.29, 0.717) is 5.92 Å². The highest BCUT2D eigenvalue weighted by atomic mass is 32.1. The molecule has 4 rings (SSSR count). The smallest absolute Gasteiger partial charge is 0.278 e. The second-order valence-corrected chi connectivity index (χ2v) is 9.39. The number of hydrogen-bond donors (Lipinski definition) is 2. The molecule has 3 aromatic rings. The van der Waals surface area contributed by atoms with E-state index in [4.69, 9.17) is 4.98 Å². The van der Waals surface area contributed by atoms with Gasteiger partial charge in [0.25, 0.3) is 5.91 Å². The largest absolute Gasteiger partial charge is 0.351 e. The lowest BCUT2D eigenvalue weighted by Gasteiger charge is -2.31. The molecule has 1 aromatic carbocycles. The predicted molar refractivity (Wildman–Crippen MR) is 113 cm³/mol. The summed E-state index contributed by atoms with van der Waals surface area (Å²) in [6, 6.07) is 12.6. The van der Waals surface area contributed by atoms with Crippen LogP contribution >= 0.6 is 22.7 Å². The van der Waals surface area contributed by atoms with Crippen molar-refractivity contribution >= 4 is 38.8 Å². The van der Waals surface area contributed by atoms with Crippen molar-refractivity contribution in [3.63, 3.8) is 0 Å². The van der Waals surface area contributed by atoms with E-state index in [1.54, 1.807) is 11.3 Å². The molecule has 0 bridgehead atoms. The number of nitrogens with one attached hydrogen (secondary N) is 2. The highest BCUT2D eigenvalue weighted by molar-refractivity contribution is 7.18. The summed E-state index contributed by atoms with van der Waals surface area (Å²) in [4.78, 5) is 20.1. The summed E-state index contributed by atoms with van der Waals surface area (Å²) in [5.41, 5.74) is 1.12. The van der Waals surface area contributed by atoms with E-state index >= 15 is 0 Å². The lowest BCUT2D eigenvalue weighted by Crippen LogP contribution is -3.17. The van der Waals surface area contributed by atoms with Crippen LogP contribution in [0.1, 0.15) is 35.6 Å². The lowest BCUT2D eigenvalue weighted by atomic mass is 9.96. The maximum absolute atomic E-state index is 12.5. The van der Waals surface area contributed by atoms with Gasteiger partial charge in [0.1, 0.15) is 0 Å². The molecule has 2 N–H and O–H groups in total. The molecule has 142 valence electrons. The second-order valence-electron chi connectivity index (χ2n) is 7.29. The maximum Gasteiger partial charge on any atom is 0.278 e. The van der Waals surface area contributed by atoms with Gasteiger partial charge in [-0.25, -0.2) is 4.98 Å². The SMILES string of the molecule is C[C@H](C(=O)NCCc1cccs1)[NH+]1CCC(c2nc3ccccc3s2)CC1. The van der Waals surface area contributed by atoms with Crippen LogP contribution in [-0.4, -0.2) is 36.6 Å². The first-order valence-electron chi connectivity index (χ1n) is 9.71. The summed E-state index contributed by atoms with van der Waals surface area (Å²) in [5, 5.41) is 6.47. The van der Waals surface area contributed by atoms with Gasteiger partial charge in [-0.1, -0.05) is 18.2 Å². The van der Waals surface area contributed by atoms with Crippen molar-refractivity contribution in [3.8, 4) is 0 Å². The molecule has 1 atom stereocenters. The minimum atomic E-state index is 0.0182. The standard InChI is InChI=1S/C21H25N3OS2/c1-15(20(25)22-11-8-17-5-4-14-26-17)24-12-9-16(10-13-24)21-23-18-6-2-3-7-19(18)27-21/h2-7,14-16H,8-13H2,1H3,(H,22,25)/p+1/t15-/m1/s1. The van der Waals surface area contributed by atoms with Gasteiger partial charge in [0.15, 0.2) is 6.04 Å². The Bertz CT molecular complexity index is 849. The van der Waals surface area contributed by atoms with Crippen LogP contribution in [0.2, 0.25) is 0 Å². The molecule has 6 heteroatoms. The molecule has 0 saturated carbocycles. The van der Waals surface area contributed by atoms with Gasteiger partial charge in [0.2, 0.25) is 0 Å². The van der Waals surface area contributed by atoms with E-state index in [1.807, 2.05) is 11.3 Å². The number of quaternary nitrogens is 1. The first-order chi connectivity index (χ1) is 13.2. The molecule has 0 unspecified atom stereocenters. The quantitative estimate of drug-likeness (QED) is 0.668. The number of hydrogen-bond acceptors (Lipinski definition) is 4. The van der Waals surface area contributed by atoms with Crippen LogP contribution in [0.25, 0.3) is 10.2 Å². The van der Waals surface area contributed by atoms with Crippen LogP contribution in [0.4, 0.5) is 0 Å². The number of aromatic nitrogens is 1. The van der Waals surface area contributed by atoms with E-state index in [0.717, 1.165) is 44.4 Å². The Kier molecular flexibility index (Phi) is 5.86. The van der Waals surface area contributed by atoms with E-state index in [2.05, 4.69) is 54.0 Å². The van der Waals surface area contributed by atoms with Crippen molar-refractivity contribution < 1.29 is 9.69 Å². The van der Waals surface area contributed by atoms with Crippen molar-refractivity contribution in [3.05, 3.63) is 51.7 Å². The molecule has 27 heavy (non-hydrogen) atoms. The maximum atomic E-state index is 12.5. The Hall–Kier alpha value is -1.76. The third-order valence-corrected chi connectivity index (χ3v) is 7.68. The summed E-state index contributed by atoms with van der Waals surface area (Å²) in [7, 11) is 0. The first kappa shape index (κ1) is 18.6. The second kappa shape index (κ2) is 8.50. The van der Waals surface area contributed by atoms with Crippen LogP contribution in [0, 0.1) is 0 Å². The average Bonchev–Trinajstić information content (AvgIpc) is 3.37. The Labute approximate surface area is 168 Å². The number of thiophene rings is 1. The monoisotopic (exact) mass is 400 g/mol. The molecule has 0 aliphatic carbocycles. The van der Waals surface area contributed by atoms with Gasteiger partial charge in [-0.05, 0) is 36.9 Å².